The van der Waals surface area contributed by atoms with E-state index < -0.39 is 0 Å². The van der Waals surface area contributed by atoms with Gasteiger partial charge in [0.05, 0.1) is 13.2 Å². The normalized spacial score (nSPS) is 21.1. The van der Waals surface area contributed by atoms with Gasteiger partial charge in [-0.1, -0.05) is 42.8 Å². The molecule has 0 spiro atoms. The largest absolute Gasteiger partial charge is 0.383 e. The first kappa shape index (κ1) is 18.1. The zero-order chi connectivity index (χ0) is 17.7. The molecular formula is C20H29N3O2. The maximum absolute atomic E-state index is 5.54. The van der Waals surface area contributed by atoms with E-state index in [1.54, 1.807) is 7.11 Å². The van der Waals surface area contributed by atoms with Gasteiger partial charge in [-0.3, -0.25) is 4.90 Å². The highest BCUT2D eigenvalue weighted by molar-refractivity contribution is 5.27. The van der Waals surface area contributed by atoms with Gasteiger partial charge in [0.2, 0.25) is 5.89 Å². The van der Waals surface area contributed by atoms with Crippen molar-refractivity contribution in [2.45, 2.75) is 58.0 Å². The van der Waals surface area contributed by atoms with Gasteiger partial charge in [0.1, 0.15) is 0 Å². The Morgan fingerprint density at radius 3 is 2.92 bits per heavy atom. The van der Waals surface area contributed by atoms with E-state index in [1.165, 1.54) is 24.0 Å². The highest BCUT2D eigenvalue weighted by Crippen LogP contribution is 2.35. The molecule has 5 heteroatoms. The van der Waals surface area contributed by atoms with Gasteiger partial charge in [0, 0.05) is 19.1 Å². The molecular weight excluding hydrogens is 314 g/mol. The van der Waals surface area contributed by atoms with Crippen molar-refractivity contribution in [2.24, 2.45) is 0 Å². The van der Waals surface area contributed by atoms with Gasteiger partial charge in [0.15, 0.2) is 5.82 Å². The van der Waals surface area contributed by atoms with Crippen LogP contribution < -0.4 is 0 Å². The van der Waals surface area contributed by atoms with Crippen LogP contribution in [-0.2, 0) is 17.7 Å². The quantitative estimate of drug-likeness (QED) is 0.730. The van der Waals surface area contributed by atoms with Gasteiger partial charge in [-0.25, -0.2) is 0 Å². The summed E-state index contributed by atoms with van der Waals surface area (Å²) in [7, 11) is 1.79. The minimum Gasteiger partial charge on any atom is -0.383 e. The smallest absolute Gasteiger partial charge is 0.240 e. The van der Waals surface area contributed by atoms with E-state index >= 15 is 0 Å². The monoisotopic (exact) mass is 343 g/mol. The summed E-state index contributed by atoms with van der Waals surface area (Å²) in [6, 6.07) is 8.34. The van der Waals surface area contributed by atoms with Gasteiger partial charge >= 0.3 is 0 Å². The molecule has 136 valence electrons. The molecule has 1 saturated heterocycles. The highest BCUT2D eigenvalue weighted by atomic mass is 16.5. The van der Waals surface area contributed by atoms with E-state index in [4.69, 9.17) is 9.26 Å². The predicted octanol–water partition coefficient (Wildman–Crippen LogP) is 3.75. The van der Waals surface area contributed by atoms with Crippen LogP contribution in [0.25, 0.3) is 0 Å². The molecule has 2 heterocycles. The van der Waals surface area contributed by atoms with Crippen molar-refractivity contribution in [3.63, 3.8) is 0 Å². The summed E-state index contributed by atoms with van der Waals surface area (Å²) in [4.78, 5) is 7.11. The summed E-state index contributed by atoms with van der Waals surface area (Å²) in [5.41, 5.74) is 2.62. The van der Waals surface area contributed by atoms with Crippen LogP contribution in [0.4, 0.5) is 0 Å². The van der Waals surface area contributed by atoms with Gasteiger partial charge in [-0.05, 0) is 43.9 Å². The molecule has 1 unspecified atom stereocenters. The van der Waals surface area contributed by atoms with E-state index in [0.29, 0.717) is 18.9 Å². The number of aromatic nitrogens is 2. The Balaban J connectivity index is 1.69. The van der Waals surface area contributed by atoms with Gasteiger partial charge in [-0.2, -0.15) is 4.98 Å². The van der Waals surface area contributed by atoms with Crippen LogP contribution in [0.2, 0.25) is 0 Å². The van der Waals surface area contributed by atoms with Crippen molar-refractivity contribution >= 4 is 0 Å². The number of benzene rings is 1. The second kappa shape index (κ2) is 8.11. The molecule has 0 aliphatic carbocycles. The van der Waals surface area contributed by atoms with E-state index in [2.05, 4.69) is 53.2 Å². The van der Waals surface area contributed by atoms with Crippen molar-refractivity contribution in [3.05, 3.63) is 47.1 Å². The predicted molar refractivity (Wildman–Crippen MR) is 97.4 cm³/mol. The second-order valence-corrected chi connectivity index (χ2v) is 7.14. The minimum absolute atomic E-state index is 0.119. The third kappa shape index (κ3) is 4.10. The molecule has 3 rings (SSSR count). The summed E-state index contributed by atoms with van der Waals surface area (Å²) in [5.74, 6) is 1.47. The lowest BCUT2D eigenvalue weighted by atomic mass is 9.91. The molecule has 1 aromatic heterocycles. The van der Waals surface area contributed by atoms with E-state index in [0.717, 1.165) is 31.8 Å². The van der Waals surface area contributed by atoms with Gasteiger partial charge in [0.25, 0.3) is 0 Å². The molecule has 0 bridgehead atoms. The summed E-state index contributed by atoms with van der Waals surface area (Å²) >= 11 is 0. The molecule has 0 saturated carbocycles. The van der Waals surface area contributed by atoms with Crippen molar-refractivity contribution in [1.82, 2.24) is 15.0 Å². The Hall–Kier alpha value is -1.72. The molecule has 2 aromatic rings. The van der Waals surface area contributed by atoms with E-state index in [9.17, 15) is 0 Å². The SMILES string of the molecule is CCCC1(COC)CCCN1Cc1nc(Cc2ccccc2C)no1. The highest BCUT2D eigenvalue weighted by Gasteiger charge is 2.40. The van der Waals surface area contributed by atoms with E-state index in [1.807, 2.05) is 0 Å². The minimum atomic E-state index is 0.119. The van der Waals surface area contributed by atoms with Gasteiger partial charge < -0.3 is 9.26 Å². The van der Waals surface area contributed by atoms with Crippen LogP contribution in [0.15, 0.2) is 28.8 Å². The molecule has 1 aliphatic heterocycles. The van der Waals surface area contributed by atoms with Crippen LogP contribution in [0.5, 0.6) is 0 Å². The second-order valence-electron chi connectivity index (χ2n) is 7.14. The first-order valence-electron chi connectivity index (χ1n) is 9.27. The fourth-order valence-corrected chi connectivity index (χ4v) is 4.06. The molecule has 5 nitrogen and oxygen atoms in total. The number of methoxy groups -OCH3 is 1. The van der Waals surface area contributed by atoms with Crippen LogP contribution >= 0.6 is 0 Å². The lowest BCUT2D eigenvalue weighted by Crippen LogP contribution is -2.47. The third-order valence-corrected chi connectivity index (χ3v) is 5.32. The zero-order valence-corrected chi connectivity index (χ0v) is 15.6. The number of hydrogen-bond donors (Lipinski definition) is 0. The summed E-state index contributed by atoms with van der Waals surface area (Å²) in [5, 5.41) is 4.19. The van der Waals surface area contributed by atoms with E-state index in [-0.39, 0.29) is 5.54 Å². The maximum atomic E-state index is 5.54. The van der Waals surface area contributed by atoms with Crippen molar-refractivity contribution in [3.8, 4) is 0 Å². The lowest BCUT2D eigenvalue weighted by molar-refractivity contribution is 0.0212. The number of ether oxygens (including phenoxy) is 1. The fourth-order valence-electron chi connectivity index (χ4n) is 4.06. The zero-order valence-electron chi connectivity index (χ0n) is 15.6. The fraction of sp³-hybridized carbons (Fsp3) is 0.600. The Morgan fingerprint density at radius 2 is 2.16 bits per heavy atom. The molecule has 1 aromatic carbocycles. The molecule has 0 amide bonds. The Bertz CT molecular complexity index is 677. The third-order valence-electron chi connectivity index (χ3n) is 5.32. The first-order valence-corrected chi connectivity index (χ1v) is 9.27. The molecule has 1 atom stereocenters. The number of likely N-dealkylation sites (tertiary alicyclic amines) is 1. The van der Waals surface area contributed by atoms with Crippen LogP contribution in [0.1, 0.15) is 55.4 Å². The number of aryl methyl sites for hydroxylation is 1. The molecule has 25 heavy (non-hydrogen) atoms. The van der Waals surface area contributed by atoms with Crippen LogP contribution in [0, 0.1) is 6.92 Å². The lowest BCUT2D eigenvalue weighted by Gasteiger charge is -2.37. The average Bonchev–Trinajstić information content (AvgIpc) is 3.19. The Kier molecular flexibility index (Phi) is 5.86. The number of rotatable bonds is 8. The van der Waals surface area contributed by atoms with Crippen molar-refractivity contribution in [1.29, 1.82) is 0 Å². The average molecular weight is 343 g/mol. The van der Waals surface area contributed by atoms with Crippen molar-refractivity contribution < 1.29 is 9.26 Å². The van der Waals surface area contributed by atoms with Crippen LogP contribution in [-0.4, -0.2) is 40.8 Å². The summed E-state index contributed by atoms with van der Waals surface area (Å²) < 4.78 is 11.1. The summed E-state index contributed by atoms with van der Waals surface area (Å²) in [6.07, 6.45) is 5.40. The van der Waals surface area contributed by atoms with Gasteiger partial charge in [-0.15, -0.1) is 0 Å². The topological polar surface area (TPSA) is 51.4 Å². The first-order chi connectivity index (χ1) is 12.2. The Labute approximate surface area is 150 Å². The molecule has 1 aliphatic rings. The number of hydrogen-bond acceptors (Lipinski definition) is 5. The molecule has 1 fully saturated rings. The Morgan fingerprint density at radius 1 is 1.32 bits per heavy atom. The number of nitrogens with zero attached hydrogens (tertiary/aromatic N) is 3. The summed E-state index contributed by atoms with van der Waals surface area (Å²) in [6.45, 7) is 6.90. The van der Waals surface area contributed by atoms with Crippen LogP contribution in [0.3, 0.4) is 0 Å². The maximum Gasteiger partial charge on any atom is 0.240 e. The molecule has 0 N–H and O–H groups in total. The van der Waals surface area contributed by atoms with Crippen molar-refractivity contribution in [2.75, 3.05) is 20.3 Å². The molecule has 0 radical (unpaired) electrons. The standard InChI is InChI=1S/C20H29N3O2/c1-4-10-20(15-24-3)11-7-12-23(20)14-19-21-18(22-25-19)13-17-9-6-5-8-16(17)2/h5-6,8-9H,4,7,10-15H2,1-3H3.